The van der Waals surface area contributed by atoms with Gasteiger partial charge in [-0.25, -0.2) is 8.78 Å². The van der Waals surface area contributed by atoms with Gasteiger partial charge >= 0.3 is 5.97 Å². The third-order valence-electron chi connectivity index (χ3n) is 4.78. The molecule has 2 atom stereocenters. The van der Waals surface area contributed by atoms with E-state index < -0.39 is 11.6 Å². The van der Waals surface area contributed by atoms with Crippen LogP contribution in [0.3, 0.4) is 0 Å². The second-order valence-electron chi connectivity index (χ2n) is 6.38. The summed E-state index contributed by atoms with van der Waals surface area (Å²) in [5.74, 6) is -2.04. The zero-order valence-electron chi connectivity index (χ0n) is 14.2. The highest BCUT2D eigenvalue weighted by molar-refractivity contribution is 5.70. The quantitative estimate of drug-likeness (QED) is 0.604. The summed E-state index contributed by atoms with van der Waals surface area (Å²) < 4.78 is 32.9. The van der Waals surface area contributed by atoms with Gasteiger partial charge < -0.3 is 4.74 Å². The van der Waals surface area contributed by atoms with Gasteiger partial charge in [0.2, 0.25) is 0 Å². The maximum Gasteiger partial charge on any atom is 0.306 e. The summed E-state index contributed by atoms with van der Waals surface area (Å²) in [5, 5.41) is 0. The van der Waals surface area contributed by atoms with E-state index in [1.807, 2.05) is 12.1 Å². The third-order valence-corrected chi connectivity index (χ3v) is 4.78. The SMILES string of the molecule is CCOC(=O)C[C@@H]1CC[C@H](c2cccc(F)c2F)Cc2cccnc21. The molecule has 1 aliphatic rings. The normalized spacial score (nSPS) is 19.8. The van der Waals surface area contributed by atoms with Crippen LogP contribution < -0.4 is 0 Å². The van der Waals surface area contributed by atoms with Crippen molar-refractivity contribution in [3.63, 3.8) is 0 Å². The Hall–Kier alpha value is -2.30. The van der Waals surface area contributed by atoms with E-state index >= 15 is 0 Å². The molecule has 25 heavy (non-hydrogen) atoms. The van der Waals surface area contributed by atoms with Gasteiger partial charge in [-0.3, -0.25) is 9.78 Å². The van der Waals surface area contributed by atoms with Gasteiger partial charge in [0.15, 0.2) is 11.6 Å². The molecule has 0 amide bonds. The van der Waals surface area contributed by atoms with E-state index in [-0.39, 0.29) is 24.2 Å². The Bertz CT molecular complexity index is 763. The summed E-state index contributed by atoms with van der Waals surface area (Å²) in [6, 6.07) is 8.11. The molecule has 1 aromatic carbocycles. The number of rotatable bonds is 4. The largest absolute Gasteiger partial charge is 0.466 e. The van der Waals surface area contributed by atoms with E-state index in [2.05, 4.69) is 4.98 Å². The summed E-state index contributed by atoms with van der Waals surface area (Å²) in [5.41, 5.74) is 2.25. The van der Waals surface area contributed by atoms with Crippen molar-refractivity contribution in [2.24, 2.45) is 0 Å². The summed E-state index contributed by atoms with van der Waals surface area (Å²) in [6.45, 7) is 2.12. The molecule has 132 valence electrons. The lowest BCUT2D eigenvalue weighted by Gasteiger charge is -2.16. The number of ether oxygens (including phenoxy) is 1. The highest BCUT2D eigenvalue weighted by Gasteiger charge is 2.29. The van der Waals surface area contributed by atoms with Gasteiger partial charge in [-0.05, 0) is 55.4 Å². The predicted molar refractivity (Wildman–Crippen MR) is 90.3 cm³/mol. The average Bonchev–Trinajstić information content (AvgIpc) is 2.78. The molecule has 3 rings (SSSR count). The van der Waals surface area contributed by atoms with Crippen molar-refractivity contribution in [3.05, 3.63) is 65.0 Å². The highest BCUT2D eigenvalue weighted by Crippen LogP contribution is 2.39. The minimum Gasteiger partial charge on any atom is -0.466 e. The number of hydrogen-bond acceptors (Lipinski definition) is 3. The molecule has 0 aliphatic heterocycles. The fraction of sp³-hybridized carbons (Fsp3) is 0.400. The van der Waals surface area contributed by atoms with Crippen LogP contribution in [0.4, 0.5) is 8.78 Å². The number of fused-ring (bicyclic) bond motifs is 1. The predicted octanol–water partition coefficient (Wildman–Crippen LogP) is 4.52. The molecular formula is C20H21F2NO2. The lowest BCUT2D eigenvalue weighted by molar-refractivity contribution is -0.143. The number of esters is 1. The van der Waals surface area contributed by atoms with E-state index in [1.165, 1.54) is 0 Å². The Kier molecular flexibility index (Phi) is 5.41. The molecular weight excluding hydrogens is 324 g/mol. The molecule has 3 nitrogen and oxygen atoms in total. The molecule has 0 fully saturated rings. The number of benzene rings is 1. The van der Waals surface area contributed by atoms with Gasteiger partial charge in [-0.1, -0.05) is 18.2 Å². The van der Waals surface area contributed by atoms with Gasteiger partial charge in [0.25, 0.3) is 0 Å². The molecule has 0 unspecified atom stereocenters. The molecule has 5 heteroatoms. The van der Waals surface area contributed by atoms with Crippen LogP contribution in [0.15, 0.2) is 36.5 Å². The van der Waals surface area contributed by atoms with Crippen molar-refractivity contribution in [3.8, 4) is 0 Å². The maximum absolute atomic E-state index is 14.2. The number of pyridine rings is 1. The van der Waals surface area contributed by atoms with Crippen LogP contribution in [0.1, 0.15) is 54.8 Å². The molecule has 0 spiro atoms. The first-order chi connectivity index (χ1) is 12.1. The van der Waals surface area contributed by atoms with Crippen LogP contribution in [0.2, 0.25) is 0 Å². The fourth-order valence-electron chi connectivity index (χ4n) is 3.62. The van der Waals surface area contributed by atoms with Crippen molar-refractivity contribution in [2.75, 3.05) is 6.61 Å². The van der Waals surface area contributed by atoms with Gasteiger partial charge in [0.1, 0.15) is 0 Å². The number of hydrogen-bond donors (Lipinski definition) is 0. The molecule has 0 saturated carbocycles. The Balaban J connectivity index is 1.90. The fourth-order valence-corrected chi connectivity index (χ4v) is 3.62. The van der Waals surface area contributed by atoms with Gasteiger partial charge in [-0.2, -0.15) is 0 Å². The minimum absolute atomic E-state index is 0.0585. The Labute approximate surface area is 146 Å². The smallest absolute Gasteiger partial charge is 0.306 e. The second kappa shape index (κ2) is 7.72. The van der Waals surface area contributed by atoms with Gasteiger partial charge in [0, 0.05) is 17.8 Å². The lowest BCUT2D eigenvalue weighted by atomic mass is 9.89. The van der Waals surface area contributed by atoms with E-state index in [4.69, 9.17) is 4.74 Å². The molecule has 1 aromatic heterocycles. The van der Waals surface area contributed by atoms with Crippen molar-refractivity contribution in [2.45, 2.75) is 44.4 Å². The lowest BCUT2D eigenvalue weighted by Crippen LogP contribution is -2.12. The molecule has 2 aromatic rings. The van der Waals surface area contributed by atoms with Gasteiger partial charge in [-0.15, -0.1) is 0 Å². The molecule has 1 aliphatic carbocycles. The van der Waals surface area contributed by atoms with Crippen LogP contribution in [-0.4, -0.2) is 17.6 Å². The van der Waals surface area contributed by atoms with Crippen LogP contribution in [0, 0.1) is 11.6 Å². The summed E-state index contributed by atoms with van der Waals surface area (Å²) in [7, 11) is 0. The standard InChI is InChI=1S/C20H21F2NO2/c1-2-25-18(24)12-15-9-8-13(11-14-5-4-10-23-20(14)15)16-6-3-7-17(21)19(16)22/h3-7,10,13,15H,2,8-9,11-12H2,1H3/t13-,15-/m0/s1. The minimum atomic E-state index is -0.823. The molecule has 0 bridgehead atoms. The summed E-state index contributed by atoms with van der Waals surface area (Å²) in [6.07, 6.45) is 3.91. The first kappa shape index (κ1) is 17.5. The highest BCUT2D eigenvalue weighted by atomic mass is 19.2. The van der Waals surface area contributed by atoms with Crippen LogP contribution in [-0.2, 0) is 16.0 Å². The zero-order valence-corrected chi connectivity index (χ0v) is 14.2. The molecule has 0 radical (unpaired) electrons. The van der Waals surface area contributed by atoms with E-state index in [9.17, 15) is 13.6 Å². The number of carbonyl (C=O) groups is 1. The Morgan fingerprint density at radius 3 is 2.88 bits per heavy atom. The van der Waals surface area contributed by atoms with Crippen molar-refractivity contribution in [1.82, 2.24) is 4.98 Å². The first-order valence-corrected chi connectivity index (χ1v) is 8.63. The number of aromatic nitrogens is 1. The average molecular weight is 345 g/mol. The van der Waals surface area contributed by atoms with E-state index in [0.717, 1.165) is 17.3 Å². The molecule has 1 heterocycles. The van der Waals surface area contributed by atoms with Crippen LogP contribution >= 0.6 is 0 Å². The molecule has 0 saturated heterocycles. The van der Waals surface area contributed by atoms with Gasteiger partial charge in [0.05, 0.1) is 13.0 Å². The maximum atomic E-state index is 14.2. The number of nitrogens with zero attached hydrogens (tertiary/aromatic N) is 1. The summed E-state index contributed by atoms with van der Waals surface area (Å²) >= 11 is 0. The topological polar surface area (TPSA) is 39.2 Å². The van der Waals surface area contributed by atoms with Crippen LogP contribution in [0.25, 0.3) is 0 Å². The third kappa shape index (κ3) is 3.86. The monoisotopic (exact) mass is 345 g/mol. The number of halogens is 2. The Morgan fingerprint density at radius 2 is 2.08 bits per heavy atom. The van der Waals surface area contributed by atoms with Crippen molar-refractivity contribution in [1.29, 1.82) is 0 Å². The van der Waals surface area contributed by atoms with Crippen molar-refractivity contribution >= 4 is 5.97 Å². The van der Waals surface area contributed by atoms with E-state index in [0.29, 0.717) is 31.4 Å². The first-order valence-electron chi connectivity index (χ1n) is 8.63. The second-order valence-corrected chi connectivity index (χ2v) is 6.38. The zero-order chi connectivity index (χ0) is 17.8. The number of carbonyl (C=O) groups excluding carboxylic acids is 1. The van der Waals surface area contributed by atoms with Crippen LogP contribution in [0.5, 0.6) is 0 Å². The Morgan fingerprint density at radius 1 is 1.24 bits per heavy atom. The molecule has 0 N–H and O–H groups in total. The summed E-state index contributed by atoms with van der Waals surface area (Å²) in [4.78, 5) is 16.4. The van der Waals surface area contributed by atoms with E-state index in [1.54, 1.807) is 25.3 Å². The van der Waals surface area contributed by atoms with Crippen molar-refractivity contribution < 1.29 is 18.3 Å².